The number of aromatic hydroxyl groups is 1. The predicted molar refractivity (Wildman–Crippen MR) is 60.4 cm³/mol. The van der Waals surface area contributed by atoms with Crippen molar-refractivity contribution in [2.24, 2.45) is 0 Å². The first-order valence-corrected chi connectivity index (χ1v) is 5.11. The van der Waals surface area contributed by atoms with Gasteiger partial charge in [-0.2, -0.15) is 0 Å². The van der Waals surface area contributed by atoms with Crippen molar-refractivity contribution >= 4 is 16.9 Å². The Balaban J connectivity index is 2.48. The lowest BCUT2D eigenvalue weighted by atomic mass is 10.1. The van der Waals surface area contributed by atoms with Crippen LogP contribution in [0.3, 0.4) is 0 Å². The quantitative estimate of drug-likeness (QED) is 0.850. The Bertz CT molecular complexity index is 555. The van der Waals surface area contributed by atoms with Gasteiger partial charge < -0.3 is 19.4 Å². The van der Waals surface area contributed by atoms with Crippen molar-refractivity contribution in [2.45, 2.75) is 12.8 Å². The maximum atomic E-state index is 10.5. The molecular formula is C12H12O5. The third-order valence-electron chi connectivity index (χ3n) is 2.56. The molecule has 0 atom stereocenters. The molecule has 0 aliphatic heterocycles. The molecule has 0 fully saturated rings. The van der Waals surface area contributed by atoms with E-state index in [1.807, 2.05) is 0 Å². The van der Waals surface area contributed by atoms with Crippen molar-refractivity contribution < 1.29 is 24.2 Å². The molecule has 0 saturated carbocycles. The highest BCUT2D eigenvalue weighted by atomic mass is 16.5. The zero-order valence-electron chi connectivity index (χ0n) is 9.27. The number of fused-ring (bicyclic) bond motifs is 1. The molecule has 90 valence electrons. The van der Waals surface area contributed by atoms with Gasteiger partial charge >= 0.3 is 5.97 Å². The number of benzene rings is 1. The van der Waals surface area contributed by atoms with Crippen molar-refractivity contribution in [3.63, 3.8) is 0 Å². The summed E-state index contributed by atoms with van der Waals surface area (Å²) >= 11 is 0. The van der Waals surface area contributed by atoms with E-state index in [9.17, 15) is 9.90 Å². The van der Waals surface area contributed by atoms with Gasteiger partial charge in [-0.05, 0) is 24.1 Å². The van der Waals surface area contributed by atoms with Gasteiger partial charge in [-0.3, -0.25) is 4.79 Å². The molecular weight excluding hydrogens is 224 g/mol. The van der Waals surface area contributed by atoms with Crippen LogP contribution < -0.4 is 4.74 Å². The number of phenolic OH excluding ortho intramolecular Hbond substituents is 1. The van der Waals surface area contributed by atoms with Crippen LogP contribution in [-0.4, -0.2) is 23.3 Å². The number of furan rings is 1. The summed E-state index contributed by atoms with van der Waals surface area (Å²) in [6.45, 7) is 0. The van der Waals surface area contributed by atoms with Crippen molar-refractivity contribution in [3.8, 4) is 11.5 Å². The van der Waals surface area contributed by atoms with E-state index in [0.717, 1.165) is 5.39 Å². The number of aryl methyl sites for hydroxylation is 1. The number of carbonyl (C=O) groups is 1. The number of ether oxygens (including phenoxy) is 1. The number of methoxy groups -OCH3 is 1. The Morgan fingerprint density at radius 3 is 2.94 bits per heavy atom. The second-order valence-corrected chi connectivity index (χ2v) is 3.65. The summed E-state index contributed by atoms with van der Waals surface area (Å²) in [4.78, 5) is 10.5. The number of aliphatic carboxylic acids is 1. The minimum absolute atomic E-state index is 0.0416. The van der Waals surface area contributed by atoms with Crippen LogP contribution in [0.2, 0.25) is 0 Å². The monoisotopic (exact) mass is 236 g/mol. The van der Waals surface area contributed by atoms with E-state index in [4.69, 9.17) is 14.3 Å². The zero-order valence-corrected chi connectivity index (χ0v) is 9.27. The molecule has 0 unspecified atom stereocenters. The lowest BCUT2D eigenvalue weighted by Gasteiger charge is -2.08. The van der Waals surface area contributed by atoms with E-state index >= 15 is 0 Å². The van der Waals surface area contributed by atoms with Crippen LogP contribution >= 0.6 is 0 Å². The zero-order chi connectivity index (χ0) is 12.4. The SMILES string of the molecule is COc1c(O)c(CCC(=O)O)cc2ccoc12. The van der Waals surface area contributed by atoms with E-state index in [0.29, 0.717) is 11.1 Å². The van der Waals surface area contributed by atoms with Gasteiger partial charge in [0.05, 0.1) is 13.4 Å². The van der Waals surface area contributed by atoms with E-state index in [2.05, 4.69) is 0 Å². The molecule has 1 aromatic heterocycles. The largest absolute Gasteiger partial charge is 0.504 e. The standard InChI is InChI=1S/C12H12O5/c1-16-12-10(15)7(2-3-9(13)14)6-8-4-5-17-11(8)12/h4-6,15H,2-3H2,1H3,(H,13,14). The molecule has 0 radical (unpaired) electrons. The number of rotatable bonds is 4. The van der Waals surface area contributed by atoms with E-state index in [1.165, 1.54) is 13.4 Å². The van der Waals surface area contributed by atoms with Crippen LogP contribution in [0.1, 0.15) is 12.0 Å². The maximum absolute atomic E-state index is 10.5. The van der Waals surface area contributed by atoms with Gasteiger partial charge in [0, 0.05) is 11.8 Å². The van der Waals surface area contributed by atoms with Crippen LogP contribution in [0.5, 0.6) is 11.5 Å². The van der Waals surface area contributed by atoms with Gasteiger partial charge in [-0.1, -0.05) is 0 Å². The van der Waals surface area contributed by atoms with Crippen molar-refractivity contribution in [1.82, 2.24) is 0 Å². The Morgan fingerprint density at radius 2 is 2.29 bits per heavy atom. The van der Waals surface area contributed by atoms with Gasteiger partial charge in [0.1, 0.15) is 0 Å². The van der Waals surface area contributed by atoms with E-state index in [1.54, 1.807) is 12.1 Å². The summed E-state index contributed by atoms with van der Waals surface area (Å²) in [5, 5.41) is 19.4. The van der Waals surface area contributed by atoms with Crippen LogP contribution in [0.15, 0.2) is 22.8 Å². The molecule has 2 rings (SSSR count). The minimum atomic E-state index is -0.907. The number of hydrogen-bond donors (Lipinski definition) is 2. The van der Waals surface area contributed by atoms with Gasteiger partial charge in [-0.25, -0.2) is 0 Å². The van der Waals surface area contributed by atoms with Crippen molar-refractivity contribution in [3.05, 3.63) is 24.0 Å². The smallest absolute Gasteiger partial charge is 0.303 e. The van der Waals surface area contributed by atoms with Crippen molar-refractivity contribution in [1.29, 1.82) is 0 Å². The van der Waals surface area contributed by atoms with Gasteiger partial charge in [0.2, 0.25) is 5.75 Å². The molecule has 5 nitrogen and oxygen atoms in total. The fourth-order valence-corrected chi connectivity index (χ4v) is 1.75. The first-order chi connectivity index (χ1) is 8.13. The van der Waals surface area contributed by atoms with Crippen LogP contribution in [0.25, 0.3) is 11.0 Å². The maximum Gasteiger partial charge on any atom is 0.303 e. The Kier molecular flexibility index (Phi) is 2.91. The second kappa shape index (κ2) is 4.37. The van der Waals surface area contributed by atoms with Gasteiger partial charge in [-0.15, -0.1) is 0 Å². The first-order valence-electron chi connectivity index (χ1n) is 5.11. The molecule has 0 saturated heterocycles. The summed E-state index contributed by atoms with van der Waals surface area (Å²) in [5.41, 5.74) is 1.00. The number of phenols is 1. The summed E-state index contributed by atoms with van der Waals surface area (Å²) in [6, 6.07) is 3.45. The molecule has 1 heterocycles. The lowest BCUT2D eigenvalue weighted by Crippen LogP contribution is -1.98. The molecule has 0 bridgehead atoms. The minimum Gasteiger partial charge on any atom is -0.504 e. The number of carboxylic acid groups (broad SMARTS) is 1. The Hall–Kier alpha value is -2.17. The molecule has 2 N–H and O–H groups in total. The average Bonchev–Trinajstić information content (AvgIpc) is 2.74. The molecule has 17 heavy (non-hydrogen) atoms. The van der Waals surface area contributed by atoms with Crippen molar-refractivity contribution in [2.75, 3.05) is 7.11 Å². The molecule has 0 amide bonds. The Morgan fingerprint density at radius 1 is 1.53 bits per heavy atom. The number of hydrogen-bond acceptors (Lipinski definition) is 4. The highest BCUT2D eigenvalue weighted by Gasteiger charge is 2.16. The molecule has 5 heteroatoms. The van der Waals surface area contributed by atoms with E-state index in [-0.39, 0.29) is 24.3 Å². The third-order valence-corrected chi connectivity index (χ3v) is 2.56. The second-order valence-electron chi connectivity index (χ2n) is 3.65. The van der Waals surface area contributed by atoms with Gasteiger partial charge in [0.25, 0.3) is 0 Å². The third kappa shape index (κ3) is 2.04. The number of carboxylic acids is 1. The highest BCUT2D eigenvalue weighted by Crippen LogP contribution is 2.38. The fraction of sp³-hybridized carbons (Fsp3) is 0.250. The highest BCUT2D eigenvalue weighted by molar-refractivity contribution is 5.87. The molecule has 0 aliphatic carbocycles. The molecule has 0 spiro atoms. The van der Waals surface area contributed by atoms with Crippen LogP contribution in [-0.2, 0) is 11.2 Å². The summed E-state index contributed by atoms with van der Waals surface area (Å²) in [7, 11) is 1.43. The topological polar surface area (TPSA) is 79.9 Å². The molecule has 0 aliphatic rings. The lowest BCUT2D eigenvalue weighted by molar-refractivity contribution is -0.136. The van der Waals surface area contributed by atoms with E-state index < -0.39 is 5.97 Å². The summed E-state index contributed by atoms with van der Waals surface area (Å²) in [5.74, 6) is -0.722. The fourth-order valence-electron chi connectivity index (χ4n) is 1.75. The van der Waals surface area contributed by atoms with Crippen LogP contribution in [0, 0.1) is 0 Å². The average molecular weight is 236 g/mol. The first kappa shape index (κ1) is 11.3. The normalized spacial score (nSPS) is 10.6. The summed E-state index contributed by atoms with van der Waals surface area (Å²) < 4.78 is 10.3. The van der Waals surface area contributed by atoms with Gasteiger partial charge in [0.15, 0.2) is 11.3 Å². The summed E-state index contributed by atoms with van der Waals surface area (Å²) in [6.07, 6.45) is 1.70. The molecule has 2 aromatic rings. The van der Waals surface area contributed by atoms with Crippen LogP contribution in [0.4, 0.5) is 0 Å². The molecule has 1 aromatic carbocycles. The predicted octanol–water partition coefficient (Wildman–Crippen LogP) is 2.16. The Labute approximate surface area is 97.2 Å².